The lowest BCUT2D eigenvalue weighted by Crippen LogP contribution is -2.16. The maximum Gasteiger partial charge on any atom is 0.0996 e. The average Bonchev–Trinajstić information content (AvgIpc) is 2.89. The summed E-state index contributed by atoms with van der Waals surface area (Å²) in [6.45, 7) is 7.31. The van der Waals surface area contributed by atoms with E-state index in [1.807, 2.05) is 13.1 Å². The molecule has 0 fully saturated rings. The fourth-order valence-electron chi connectivity index (χ4n) is 1.63. The fourth-order valence-corrected chi connectivity index (χ4v) is 3.45. The largest absolute Gasteiger partial charge is 0.310 e. The molecule has 1 atom stereocenters. The van der Waals surface area contributed by atoms with Gasteiger partial charge in [0.1, 0.15) is 0 Å². The molecule has 0 amide bonds. The molecule has 2 aromatic heterocycles. The Labute approximate surface area is 110 Å². The molecule has 5 heteroatoms. The molecule has 0 aliphatic carbocycles. The summed E-state index contributed by atoms with van der Waals surface area (Å²) in [4.78, 5) is 10.2. The summed E-state index contributed by atoms with van der Waals surface area (Å²) in [6.07, 6.45) is 2.84. The second-order valence-electron chi connectivity index (χ2n) is 4.00. The monoisotopic (exact) mass is 267 g/mol. The fraction of sp³-hybridized carbons (Fsp3) is 0.500. The second-order valence-corrected chi connectivity index (χ2v) is 6.08. The Morgan fingerprint density at radius 1 is 1.41 bits per heavy atom. The van der Waals surface area contributed by atoms with Crippen LogP contribution in [0.5, 0.6) is 0 Å². The Morgan fingerprint density at radius 3 is 2.88 bits per heavy atom. The van der Waals surface area contributed by atoms with Gasteiger partial charge in [0, 0.05) is 28.2 Å². The lowest BCUT2D eigenvalue weighted by atomic mass is 10.3. The third kappa shape index (κ3) is 3.34. The van der Waals surface area contributed by atoms with Crippen molar-refractivity contribution in [3.8, 4) is 0 Å². The first-order valence-electron chi connectivity index (χ1n) is 5.78. The van der Waals surface area contributed by atoms with Crippen LogP contribution in [-0.4, -0.2) is 16.5 Å². The number of thiazole rings is 2. The summed E-state index contributed by atoms with van der Waals surface area (Å²) in [5.41, 5.74) is 1.10. The Morgan fingerprint density at radius 2 is 2.24 bits per heavy atom. The standard InChI is InChI=1S/C12H17N3S2/c1-4-13-9(3)10-6-14-11(17-10)5-12-15-8(2)7-16-12/h6-7,9,13H,4-5H2,1-3H3. The summed E-state index contributed by atoms with van der Waals surface area (Å²) in [7, 11) is 0. The molecule has 0 aromatic carbocycles. The predicted octanol–water partition coefficient (Wildman–Crippen LogP) is 3.17. The zero-order valence-corrected chi connectivity index (χ0v) is 12.0. The second kappa shape index (κ2) is 5.71. The molecule has 1 unspecified atom stereocenters. The third-order valence-corrected chi connectivity index (χ3v) is 4.62. The van der Waals surface area contributed by atoms with Gasteiger partial charge in [-0.15, -0.1) is 22.7 Å². The first kappa shape index (κ1) is 12.7. The van der Waals surface area contributed by atoms with E-state index < -0.39 is 0 Å². The van der Waals surface area contributed by atoms with E-state index in [-0.39, 0.29) is 0 Å². The van der Waals surface area contributed by atoms with Crippen molar-refractivity contribution in [1.29, 1.82) is 0 Å². The van der Waals surface area contributed by atoms with Gasteiger partial charge in [-0.05, 0) is 20.4 Å². The Balaban J connectivity index is 2.03. The number of nitrogens with one attached hydrogen (secondary N) is 1. The Hall–Kier alpha value is -0.780. The van der Waals surface area contributed by atoms with Gasteiger partial charge in [-0.25, -0.2) is 9.97 Å². The topological polar surface area (TPSA) is 37.8 Å². The number of hydrogen-bond donors (Lipinski definition) is 1. The van der Waals surface area contributed by atoms with Crippen molar-refractivity contribution < 1.29 is 0 Å². The molecule has 1 N–H and O–H groups in total. The first-order valence-corrected chi connectivity index (χ1v) is 7.47. The molecule has 0 radical (unpaired) electrons. The first-order chi connectivity index (χ1) is 8.19. The van der Waals surface area contributed by atoms with E-state index in [2.05, 4.69) is 34.5 Å². The van der Waals surface area contributed by atoms with E-state index in [9.17, 15) is 0 Å². The van der Waals surface area contributed by atoms with Gasteiger partial charge in [-0.2, -0.15) is 0 Å². The summed E-state index contributed by atoms with van der Waals surface area (Å²) >= 11 is 3.49. The highest BCUT2D eigenvalue weighted by Crippen LogP contribution is 2.23. The molecule has 17 heavy (non-hydrogen) atoms. The van der Waals surface area contributed by atoms with E-state index in [1.165, 1.54) is 4.88 Å². The normalized spacial score (nSPS) is 12.9. The number of nitrogens with zero attached hydrogens (tertiary/aromatic N) is 2. The minimum absolute atomic E-state index is 0.393. The van der Waals surface area contributed by atoms with E-state index in [0.717, 1.165) is 28.7 Å². The molecule has 0 saturated heterocycles. The summed E-state index contributed by atoms with van der Waals surface area (Å²) in [5.74, 6) is 0. The van der Waals surface area contributed by atoms with Crippen molar-refractivity contribution in [3.05, 3.63) is 32.2 Å². The van der Waals surface area contributed by atoms with Gasteiger partial charge in [-0.3, -0.25) is 0 Å². The van der Waals surface area contributed by atoms with Crippen LogP contribution in [0.4, 0.5) is 0 Å². The van der Waals surface area contributed by atoms with E-state index in [0.29, 0.717) is 6.04 Å². The summed E-state index contributed by atoms with van der Waals surface area (Å²) in [5, 5.41) is 7.79. The lowest BCUT2D eigenvalue weighted by molar-refractivity contribution is 0.606. The van der Waals surface area contributed by atoms with Crippen LogP contribution in [0, 0.1) is 6.92 Å². The van der Waals surface area contributed by atoms with Gasteiger partial charge in [0.05, 0.1) is 16.4 Å². The smallest absolute Gasteiger partial charge is 0.0996 e. The Kier molecular flexibility index (Phi) is 4.25. The molecule has 0 spiro atoms. The van der Waals surface area contributed by atoms with Crippen molar-refractivity contribution in [1.82, 2.24) is 15.3 Å². The maximum atomic E-state index is 4.47. The third-order valence-electron chi connectivity index (χ3n) is 2.48. The van der Waals surface area contributed by atoms with Crippen molar-refractivity contribution in [2.45, 2.75) is 33.2 Å². The van der Waals surface area contributed by atoms with Crippen LogP contribution in [0.2, 0.25) is 0 Å². The minimum Gasteiger partial charge on any atom is -0.310 e. The van der Waals surface area contributed by atoms with Crippen LogP contribution in [0.3, 0.4) is 0 Å². The average molecular weight is 267 g/mol. The van der Waals surface area contributed by atoms with Crippen LogP contribution >= 0.6 is 22.7 Å². The number of rotatable bonds is 5. The molecule has 2 rings (SSSR count). The molecule has 2 heterocycles. The van der Waals surface area contributed by atoms with Gasteiger partial charge in [-0.1, -0.05) is 6.92 Å². The molecule has 3 nitrogen and oxygen atoms in total. The summed E-state index contributed by atoms with van der Waals surface area (Å²) in [6, 6.07) is 0.393. The van der Waals surface area contributed by atoms with Crippen LogP contribution in [0.15, 0.2) is 11.6 Å². The van der Waals surface area contributed by atoms with E-state index in [4.69, 9.17) is 0 Å². The van der Waals surface area contributed by atoms with Crippen molar-refractivity contribution in [2.24, 2.45) is 0 Å². The lowest BCUT2D eigenvalue weighted by Gasteiger charge is -2.07. The SMILES string of the molecule is CCNC(C)c1cnc(Cc2nc(C)cs2)s1. The molecule has 0 aliphatic rings. The quantitative estimate of drug-likeness (QED) is 0.904. The van der Waals surface area contributed by atoms with Gasteiger partial charge >= 0.3 is 0 Å². The highest BCUT2D eigenvalue weighted by Gasteiger charge is 2.10. The highest BCUT2D eigenvalue weighted by molar-refractivity contribution is 7.12. The van der Waals surface area contributed by atoms with Gasteiger partial charge in [0.15, 0.2) is 0 Å². The van der Waals surface area contributed by atoms with Crippen LogP contribution in [0.1, 0.15) is 40.5 Å². The molecular formula is C12H17N3S2. The number of hydrogen-bond acceptors (Lipinski definition) is 5. The van der Waals surface area contributed by atoms with E-state index in [1.54, 1.807) is 22.7 Å². The summed E-state index contributed by atoms with van der Waals surface area (Å²) < 4.78 is 0. The van der Waals surface area contributed by atoms with Crippen LogP contribution in [0.25, 0.3) is 0 Å². The Bertz CT molecular complexity index is 476. The zero-order valence-electron chi connectivity index (χ0n) is 10.4. The molecule has 0 bridgehead atoms. The van der Waals surface area contributed by atoms with Crippen molar-refractivity contribution in [2.75, 3.05) is 6.54 Å². The zero-order chi connectivity index (χ0) is 12.3. The number of aromatic nitrogens is 2. The molecular weight excluding hydrogens is 250 g/mol. The predicted molar refractivity (Wildman–Crippen MR) is 73.9 cm³/mol. The molecule has 92 valence electrons. The van der Waals surface area contributed by atoms with Gasteiger partial charge in [0.2, 0.25) is 0 Å². The molecule has 0 saturated carbocycles. The van der Waals surface area contributed by atoms with Gasteiger partial charge in [0.25, 0.3) is 0 Å². The van der Waals surface area contributed by atoms with Crippen molar-refractivity contribution >= 4 is 22.7 Å². The maximum absolute atomic E-state index is 4.47. The van der Waals surface area contributed by atoms with Gasteiger partial charge < -0.3 is 5.32 Å². The van der Waals surface area contributed by atoms with Crippen LogP contribution < -0.4 is 5.32 Å². The highest BCUT2D eigenvalue weighted by atomic mass is 32.1. The van der Waals surface area contributed by atoms with Crippen LogP contribution in [-0.2, 0) is 6.42 Å². The van der Waals surface area contributed by atoms with Crippen molar-refractivity contribution in [3.63, 3.8) is 0 Å². The number of aryl methyl sites for hydroxylation is 1. The molecule has 2 aromatic rings. The van der Waals surface area contributed by atoms with E-state index >= 15 is 0 Å². The minimum atomic E-state index is 0.393. The molecule has 0 aliphatic heterocycles.